The van der Waals surface area contributed by atoms with E-state index in [1.54, 1.807) is 0 Å². The largest absolute Gasteiger partial charge is 0.457 e. The predicted molar refractivity (Wildman–Crippen MR) is 302 cm³/mol. The average molecular weight is 944 g/mol. The molecule has 0 saturated carbocycles. The highest BCUT2D eigenvalue weighted by Crippen LogP contribution is 2.45. The molecule has 0 radical (unpaired) electrons. The summed E-state index contributed by atoms with van der Waals surface area (Å²) in [6.45, 7) is 2.02. The fourth-order valence-corrected chi connectivity index (χ4v) is 12.8. The molecule has 4 nitrogen and oxygen atoms in total. The first-order valence-electron chi connectivity index (χ1n) is 24.1. The lowest BCUT2D eigenvalue weighted by molar-refractivity contribution is 0.482. The van der Waals surface area contributed by atoms with Crippen LogP contribution in [0, 0.1) is 12.3 Å². The van der Waals surface area contributed by atoms with E-state index in [1.807, 2.05) is 116 Å². The number of ether oxygens (including phenoxy) is 1. The van der Waals surface area contributed by atoms with Gasteiger partial charge in [0.1, 0.15) is 22.7 Å². The summed E-state index contributed by atoms with van der Waals surface area (Å²) in [5, 5.41) is 6.65. The molecule has 0 saturated heterocycles. The number of aromatic nitrogens is 1. The number of terminal acetylenes is 1. The van der Waals surface area contributed by atoms with E-state index in [0.29, 0.717) is 0 Å². The van der Waals surface area contributed by atoms with Gasteiger partial charge in [0.2, 0.25) is 0 Å². The molecule has 12 aromatic rings. The van der Waals surface area contributed by atoms with Crippen LogP contribution in [0.15, 0.2) is 259 Å². The van der Waals surface area contributed by atoms with Crippen LogP contribution in [0.5, 0.6) is 11.5 Å². The normalized spacial score (nSPS) is 12.2. The maximum Gasteiger partial charge on any atom is 0.171 e. The SMILES string of the molecule is C#C/C(=C\C(=C/C)c1cccc(Oc2ccccc2)c1)c1cccc(-c2ccc3oc4c(-c5cccc(-n6c7ccccc7c7cc(P(=O)(c8ccccc8)c8ccccc8)ccc76)c5)cccc4c3c2)c1. The zero-order valence-electron chi connectivity index (χ0n) is 39.4. The Labute approximate surface area is 418 Å². The Morgan fingerprint density at radius 1 is 0.514 bits per heavy atom. The third-order valence-electron chi connectivity index (χ3n) is 13.6. The number of fused-ring (bicyclic) bond motifs is 6. The number of para-hydroxylation sites is 3. The van der Waals surface area contributed by atoms with Gasteiger partial charge in [0.25, 0.3) is 0 Å². The summed E-state index contributed by atoms with van der Waals surface area (Å²) in [6, 6.07) is 82.2. The molecular formula is C67H46NO3P. The van der Waals surface area contributed by atoms with E-state index in [-0.39, 0.29) is 0 Å². The minimum Gasteiger partial charge on any atom is -0.457 e. The number of furan rings is 1. The van der Waals surface area contributed by atoms with Gasteiger partial charge in [0.05, 0.1) is 11.0 Å². The fourth-order valence-electron chi connectivity index (χ4n) is 10.1. The third kappa shape index (κ3) is 7.93. The van der Waals surface area contributed by atoms with Gasteiger partial charge in [-0.1, -0.05) is 176 Å². The summed E-state index contributed by atoms with van der Waals surface area (Å²) in [6.07, 6.45) is 10.4. The number of rotatable bonds is 11. The van der Waals surface area contributed by atoms with Gasteiger partial charge in [-0.25, -0.2) is 0 Å². The van der Waals surface area contributed by atoms with Crippen molar-refractivity contribution in [3.05, 3.63) is 266 Å². The van der Waals surface area contributed by atoms with Gasteiger partial charge in [-0.05, 0) is 125 Å². The molecule has 10 aromatic carbocycles. The minimum absolute atomic E-state index is 0.756. The Balaban J connectivity index is 0.885. The second kappa shape index (κ2) is 18.6. The van der Waals surface area contributed by atoms with Gasteiger partial charge in [-0.15, -0.1) is 6.42 Å². The van der Waals surface area contributed by atoms with Gasteiger partial charge in [0, 0.05) is 54.3 Å². The van der Waals surface area contributed by atoms with Crippen LogP contribution in [0.25, 0.3) is 82.8 Å². The maximum atomic E-state index is 15.5. The van der Waals surface area contributed by atoms with Crippen LogP contribution in [0.3, 0.4) is 0 Å². The highest BCUT2D eigenvalue weighted by molar-refractivity contribution is 7.85. The Morgan fingerprint density at radius 3 is 1.93 bits per heavy atom. The number of hydrogen-bond acceptors (Lipinski definition) is 3. The van der Waals surface area contributed by atoms with Gasteiger partial charge < -0.3 is 18.3 Å². The van der Waals surface area contributed by atoms with Crippen molar-refractivity contribution in [2.75, 3.05) is 0 Å². The summed E-state index contributed by atoms with van der Waals surface area (Å²) in [5.41, 5.74) is 12.7. The van der Waals surface area contributed by atoms with Crippen molar-refractivity contribution in [2.24, 2.45) is 0 Å². The lowest BCUT2D eigenvalue weighted by Gasteiger charge is -2.20. The van der Waals surface area contributed by atoms with Crippen LogP contribution in [0.2, 0.25) is 0 Å². The summed E-state index contributed by atoms with van der Waals surface area (Å²) >= 11 is 0. The van der Waals surface area contributed by atoms with E-state index >= 15 is 4.57 Å². The van der Waals surface area contributed by atoms with Crippen LogP contribution < -0.4 is 20.7 Å². The topological polar surface area (TPSA) is 44.4 Å². The van der Waals surface area contributed by atoms with Crippen LogP contribution in [-0.2, 0) is 4.57 Å². The van der Waals surface area contributed by atoms with Crippen LogP contribution in [0.4, 0.5) is 0 Å². The number of nitrogens with zero attached hydrogens (tertiary/aromatic N) is 1. The van der Waals surface area contributed by atoms with Gasteiger partial charge in [-0.3, -0.25) is 0 Å². The second-order valence-electron chi connectivity index (χ2n) is 17.9. The molecule has 12 rings (SSSR count). The number of hydrogen-bond donors (Lipinski definition) is 0. The van der Waals surface area contributed by atoms with Crippen LogP contribution >= 0.6 is 7.14 Å². The Kier molecular flexibility index (Phi) is 11.4. The number of allylic oxidation sites excluding steroid dienone is 4. The highest BCUT2D eigenvalue weighted by Gasteiger charge is 2.30. The minimum atomic E-state index is -3.19. The molecule has 0 aliphatic heterocycles. The molecule has 0 fully saturated rings. The smallest absolute Gasteiger partial charge is 0.171 e. The van der Waals surface area contributed by atoms with E-state index < -0.39 is 7.14 Å². The zero-order chi connectivity index (χ0) is 48.6. The van der Waals surface area contributed by atoms with Crippen LogP contribution in [-0.4, -0.2) is 4.57 Å². The Morgan fingerprint density at radius 2 is 1.15 bits per heavy atom. The highest BCUT2D eigenvalue weighted by atomic mass is 31.2. The van der Waals surface area contributed by atoms with Crippen molar-refractivity contribution in [1.82, 2.24) is 4.57 Å². The van der Waals surface area contributed by atoms with Gasteiger partial charge in [-0.2, -0.15) is 0 Å². The molecule has 72 heavy (non-hydrogen) atoms. The van der Waals surface area contributed by atoms with E-state index in [1.165, 1.54) is 0 Å². The third-order valence-corrected chi connectivity index (χ3v) is 16.6. The molecular weight excluding hydrogens is 898 g/mol. The quantitative estimate of drug-likeness (QED) is 0.0737. The molecule has 5 heteroatoms. The summed E-state index contributed by atoms with van der Waals surface area (Å²) in [7, 11) is -3.19. The lowest BCUT2D eigenvalue weighted by Crippen LogP contribution is -2.24. The molecule has 2 aromatic heterocycles. The molecule has 0 bridgehead atoms. The maximum absolute atomic E-state index is 15.5. The molecule has 0 N–H and O–H groups in total. The summed E-state index contributed by atoms with van der Waals surface area (Å²) in [4.78, 5) is 0. The van der Waals surface area contributed by atoms with Crippen molar-refractivity contribution in [3.8, 4) is 51.8 Å². The van der Waals surface area contributed by atoms with E-state index in [0.717, 1.165) is 121 Å². The van der Waals surface area contributed by atoms with Crippen molar-refractivity contribution in [1.29, 1.82) is 0 Å². The molecule has 0 spiro atoms. The van der Waals surface area contributed by atoms with Crippen molar-refractivity contribution in [2.45, 2.75) is 6.92 Å². The van der Waals surface area contributed by atoms with Crippen molar-refractivity contribution in [3.63, 3.8) is 0 Å². The number of benzene rings is 10. The van der Waals surface area contributed by atoms with Crippen LogP contribution in [0.1, 0.15) is 18.1 Å². The van der Waals surface area contributed by atoms with Gasteiger partial charge >= 0.3 is 0 Å². The Hall–Kier alpha value is -9.13. The standard InChI is InChI=1S/C67H46NO3P/c1-3-46(40-47(4-2)50-22-18-27-55(43-50)70-54-25-8-5-9-26-54)48-20-16-21-49(41-48)51-36-39-66-63(44-51)61-34-19-33-59(67(61)71-66)52-23-17-24-53(42-52)68-64-35-15-14-32-60(64)62-45-58(37-38-65(62)68)72(69,56-28-10-6-11-29-56)57-30-12-7-13-31-57/h1,4-45H,2H3/b46-40+,47-4+. The Bertz CT molecular complexity index is 4130. The second-order valence-corrected chi connectivity index (χ2v) is 20.6. The summed E-state index contributed by atoms with van der Waals surface area (Å²) < 4.78 is 30.7. The van der Waals surface area contributed by atoms with Crippen molar-refractivity contribution >= 4 is 77.9 Å². The van der Waals surface area contributed by atoms with E-state index in [4.69, 9.17) is 15.6 Å². The monoisotopic (exact) mass is 943 g/mol. The summed E-state index contributed by atoms with van der Waals surface area (Å²) in [5.74, 6) is 4.51. The van der Waals surface area contributed by atoms with E-state index in [9.17, 15) is 0 Å². The first-order chi connectivity index (χ1) is 35.5. The first kappa shape index (κ1) is 44.1. The van der Waals surface area contributed by atoms with Crippen molar-refractivity contribution < 1.29 is 13.7 Å². The molecule has 2 heterocycles. The predicted octanol–water partition coefficient (Wildman–Crippen LogP) is 16.6. The van der Waals surface area contributed by atoms with E-state index in [2.05, 4.69) is 156 Å². The molecule has 0 atom stereocenters. The molecule has 342 valence electrons. The molecule has 0 aliphatic carbocycles. The first-order valence-corrected chi connectivity index (χ1v) is 25.8. The molecule has 0 unspecified atom stereocenters. The average Bonchev–Trinajstić information content (AvgIpc) is 3.99. The molecule has 0 aliphatic rings. The zero-order valence-corrected chi connectivity index (χ0v) is 40.3. The molecule has 0 amide bonds. The fraction of sp³-hybridized carbons (Fsp3) is 0.0149. The van der Waals surface area contributed by atoms with Gasteiger partial charge in [0.15, 0.2) is 7.14 Å². The lowest BCUT2D eigenvalue weighted by atomic mass is 9.95.